The van der Waals surface area contributed by atoms with E-state index in [1.54, 1.807) is 0 Å². The Morgan fingerprint density at radius 3 is 2.61 bits per heavy atom. The van der Waals surface area contributed by atoms with Crippen LogP contribution in [0.15, 0.2) is 24.5 Å². The first-order chi connectivity index (χ1) is 8.61. The van der Waals surface area contributed by atoms with E-state index in [0.717, 1.165) is 11.1 Å². The SMILES string of the molecule is Cc1cc(Oc2nccnc2C#N)c(C)cc1N. The van der Waals surface area contributed by atoms with E-state index in [0.29, 0.717) is 11.4 Å². The quantitative estimate of drug-likeness (QED) is 0.814. The standard InChI is InChI=1S/C13H12N4O/c1-8-6-12(9(2)5-10(8)15)18-13-11(7-14)16-3-4-17-13/h3-6H,15H2,1-2H3. The Hall–Kier alpha value is -2.61. The Labute approximate surface area is 105 Å². The van der Waals surface area contributed by atoms with Gasteiger partial charge >= 0.3 is 0 Å². The number of rotatable bonds is 2. The van der Waals surface area contributed by atoms with Crippen LogP contribution in [0, 0.1) is 25.2 Å². The van der Waals surface area contributed by atoms with E-state index in [-0.39, 0.29) is 11.6 Å². The first kappa shape index (κ1) is 11.9. The number of hydrogen-bond acceptors (Lipinski definition) is 5. The largest absolute Gasteiger partial charge is 0.436 e. The van der Waals surface area contributed by atoms with Crippen molar-refractivity contribution in [2.75, 3.05) is 5.73 Å². The Morgan fingerprint density at radius 1 is 1.17 bits per heavy atom. The molecule has 0 spiro atoms. The maximum Gasteiger partial charge on any atom is 0.256 e. The van der Waals surface area contributed by atoms with Gasteiger partial charge in [0.15, 0.2) is 0 Å². The second-order valence-electron chi connectivity index (χ2n) is 3.90. The molecule has 0 radical (unpaired) electrons. The summed E-state index contributed by atoms with van der Waals surface area (Å²) < 4.78 is 5.62. The number of aryl methyl sites for hydroxylation is 2. The molecule has 0 aliphatic rings. The van der Waals surface area contributed by atoms with Crippen LogP contribution in [0.1, 0.15) is 16.8 Å². The van der Waals surface area contributed by atoms with Gasteiger partial charge in [-0.25, -0.2) is 9.97 Å². The molecule has 0 fully saturated rings. The molecule has 0 aliphatic heterocycles. The summed E-state index contributed by atoms with van der Waals surface area (Å²) in [7, 11) is 0. The van der Waals surface area contributed by atoms with Crippen LogP contribution in [0.3, 0.4) is 0 Å². The van der Waals surface area contributed by atoms with Crippen molar-refractivity contribution in [1.82, 2.24) is 9.97 Å². The number of benzene rings is 1. The van der Waals surface area contributed by atoms with Crippen molar-refractivity contribution in [2.45, 2.75) is 13.8 Å². The average molecular weight is 240 g/mol. The molecule has 2 aromatic rings. The zero-order chi connectivity index (χ0) is 13.1. The molecular formula is C13H12N4O. The third-order valence-corrected chi connectivity index (χ3v) is 2.54. The molecule has 0 bridgehead atoms. The van der Waals surface area contributed by atoms with Gasteiger partial charge in [0.05, 0.1) is 0 Å². The smallest absolute Gasteiger partial charge is 0.256 e. The van der Waals surface area contributed by atoms with Crippen LogP contribution in [-0.4, -0.2) is 9.97 Å². The number of hydrogen-bond donors (Lipinski definition) is 1. The van der Waals surface area contributed by atoms with Crippen LogP contribution in [0.5, 0.6) is 11.6 Å². The van der Waals surface area contributed by atoms with E-state index in [1.807, 2.05) is 32.0 Å². The molecule has 0 saturated carbocycles. The Balaban J connectivity index is 2.41. The molecule has 18 heavy (non-hydrogen) atoms. The predicted octanol–water partition coefficient (Wildman–Crippen LogP) is 2.34. The van der Waals surface area contributed by atoms with Crippen LogP contribution >= 0.6 is 0 Å². The highest BCUT2D eigenvalue weighted by molar-refractivity contribution is 5.54. The fraction of sp³-hybridized carbons (Fsp3) is 0.154. The van der Waals surface area contributed by atoms with Crippen molar-refractivity contribution in [3.05, 3.63) is 41.3 Å². The minimum atomic E-state index is 0.159. The minimum Gasteiger partial charge on any atom is -0.436 e. The van der Waals surface area contributed by atoms with Gasteiger partial charge in [-0.1, -0.05) is 0 Å². The van der Waals surface area contributed by atoms with Crippen molar-refractivity contribution < 1.29 is 4.74 Å². The highest BCUT2D eigenvalue weighted by atomic mass is 16.5. The number of nitriles is 1. The Kier molecular flexibility index (Phi) is 3.11. The number of nitrogen functional groups attached to an aromatic ring is 1. The summed E-state index contributed by atoms with van der Waals surface area (Å²) in [5.41, 5.74) is 8.47. The highest BCUT2D eigenvalue weighted by Crippen LogP contribution is 2.28. The van der Waals surface area contributed by atoms with Crippen LogP contribution in [0.2, 0.25) is 0 Å². The Bertz CT molecular complexity index is 631. The number of ether oxygens (including phenoxy) is 1. The Morgan fingerprint density at radius 2 is 1.89 bits per heavy atom. The van der Waals surface area contributed by atoms with Gasteiger partial charge in [0.25, 0.3) is 5.88 Å². The molecule has 0 amide bonds. The summed E-state index contributed by atoms with van der Waals surface area (Å²) in [6.45, 7) is 3.77. The van der Waals surface area contributed by atoms with Crippen LogP contribution in [0.25, 0.3) is 0 Å². The third-order valence-electron chi connectivity index (χ3n) is 2.54. The molecule has 0 unspecified atom stereocenters. The summed E-state index contributed by atoms with van der Waals surface area (Å²) in [6.07, 6.45) is 2.93. The van der Waals surface area contributed by atoms with E-state index in [9.17, 15) is 0 Å². The van der Waals surface area contributed by atoms with Gasteiger partial charge in [-0.15, -0.1) is 0 Å². The topological polar surface area (TPSA) is 84.8 Å². The van der Waals surface area contributed by atoms with Gasteiger partial charge < -0.3 is 10.5 Å². The zero-order valence-corrected chi connectivity index (χ0v) is 10.1. The van der Waals surface area contributed by atoms with Crippen molar-refractivity contribution >= 4 is 5.69 Å². The molecule has 2 rings (SSSR count). The van der Waals surface area contributed by atoms with Gasteiger partial charge in [-0.2, -0.15) is 5.26 Å². The molecule has 1 aromatic carbocycles. The summed E-state index contributed by atoms with van der Waals surface area (Å²) in [4.78, 5) is 7.89. The van der Waals surface area contributed by atoms with Crippen molar-refractivity contribution in [3.8, 4) is 17.7 Å². The molecule has 0 aliphatic carbocycles. The van der Waals surface area contributed by atoms with E-state index < -0.39 is 0 Å². The maximum absolute atomic E-state index is 8.91. The van der Waals surface area contributed by atoms with Crippen LogP contribution in [0.4, 0.5) is 5.69 Å². The van der Waals surface area contributed by atoms with Crippen LogP contribution in [-0.2, 0) is 0 Å². The summed E-state index contributed by atoms with van der Waals surface area (Å²) in [5, 5.41) is 8.91. The monoisotopic (exact) mass is 240 g/mol. The average Bonchev–Trinajstić information content (AvgIpc) is 2.36. The van der Waals surface area contributed by atoms with E-state index in [1.165, 1.54) is 12.4 Å². The molecule has 1 heterocycles. The second-order valence-corrected chi connectivity index (χ2v) is 3.90. The van der Waals surface area contributed by atoms with Crippen LogP contribution < -0.4 is 10.5 Å². The second kappa shape index (κ2) is 4.72. The molecule has 0 atom stereocenters. The third kappa shape index (κ3) is 2.23. The number of aromatic nitrogens is 2. The van der Waals surface area contributed by atoms with E-state index >= 15 is 0 Å². The van der Waals surface area contributed by atoms with Crippen molar-refractivity contribution in [2.24, 2.45) is 0 Å². The lowest BCUT2D eigenvalue weighted by atomic mass is 10.1. The molecule has 90 valence electrons. The fourth-order valence-corrected chi connectivity index (χ4v) is 1.50. The molecule has 2 N–H and O–H groups in total. The first-order valence-corrected chi connectivity index (χ1v) is 5.37. The summed E-state index contributed by atoms with van der Waals surface area (Å²) in [5.74, 6) is 0.825. The molecule has 1 aromatic heterocycles. The minimum absolute atomic E-state index is 0.159. The number of nitrogens with zero attached hydrogens (tertiary/aromatic N) is 3. The normalized spacial score (nSPS) is 9.83. The molecular weight excluding hydrogens is 228 g/mol. The fourth-order valence-electron chi connectivity index (χ4n) is 1.50. The zero-order valence-electron chi connectivity index (χ0n) is 10.1. The van der Waals surface area contributed by atoms with Gasteiger partial charge in [0, 0.05) is 18.1 Å². The summed E-state index contributed by atoms with van der Waals surface area (Å²) >= 11 is 0. The molecule has 5 heteroatoms. The lowest BCUT2D eigenvalue weighted by molar-refractivity contribution is 0.454. The van der Waals surface area contributed by atoms with Gasteiger partial charge in [-0.3, -0.25) is 0 Å². The van der Waals surface area contributed by atoms with Gasteiger partial charge in [0.1, 0.15) is 11.8 Å². The molecule has 0 saturated heterocycles. The lowest BCUT2D eigenvalue weighted by Crippen LogP contribution is -1.97. The number of anilines is 1. The lowest BCUT2D eigenvalue weighted by Gasteiger charge is -2.10. The highest BCUT2D eigenvalue weighted by Gasteiger charge is 2.10. The van der Waals surface area contributed by atoms with Crippen molar-refractivity contribution in [3.63, 3.8) is 0 Å². The van der Waals surface area contributed by atoms with Crippen molar-refractivity contribution in [1.29, 1.82) is 5.26 Å². The van der Waals surface area contributed by atoms with E-state index in [2.05, 4.69) is 9.97 Å². The van der Waals surface area contributed by atoms with Gasteiger partial charge in [0.2, 0.25) is 5.69 Å². The van der Waals surface area contributed by atoms with E-state index in [4.69, 9.17) is 15.7 Å². The predicted molar refractivity (Wildman–Crippen MR) is 67.1 cm³/mol. The maximum atomic E-state index is 8.91. The first-order valence-electron chi connectivity index (χ1n) is 5.37. The van der Waals surface area contributed by atoms with Gasteiger partial charge in [-0.05, 0) is 37.1 Å². The molecule has 5 nitrogen and oxygen atoms in total. The number of nitrogens with two attached hydrogens (primary N) is 1. The summed E-state index contributed by atoms with van der Waals surface area (Å²) in [6, 6.07) is 5.58.